The molecule has 0 aliphatic carbocycles. The van der Waals surface area contributed by atoms with E-state index in [9.17, 15) is 9.18 Å². The van der Waals surface area contributed by atoms with Gasteiger partial charge in [-0.15, -0.1) is 11.3 Å². The second-order valence-electron chi connectivity index (χ2n) is 3.39. The molecule has 1 heterocycles. The van der Waals surface area contributed by atoms with Crippen LogP contribution in [0, 0.1) is 12.7 Å². The third-order valence-corrected chi connectivity index (χ3v) is 4.10. The molecule has 2 rings (SSSR count). The zero-order valence-electron chi connectivity index (χ0n) is 8.46. The number of halogens is 2. The number of hydrogen-bond acceptors (Lipinski definition) is 2. The first-order chi connectivity index (χ1) is 7.59. The molecule has 0 aliphatic heterocycles. The number of carbonyl (C=O) groups excluding carboxylic acids is 1. The highest BCUT2D eigenvalue weighted by atomic mass is 79.9. The van der Waals surface area contributed by atoms with E-state index in [0.717, 1.165) is 10.0 Å². The van der Waals surface area contributed by atoms with Gasteiger partial charge in [0.2, 0.25) is 5.78 Å². The number of thiophene rings is 1. The Morgan fingerprint density at radius 1 is 1.38 bits per heavy atom. The van der Waals surface area contributed by atoms with Crippen molar-refractivity contribution in [3.63, 3.8) is 0 Å². The molecule has 2 aromatic rings. The molecule has 0 spiro atoms. The standard InChI is InChI=1S/C12H8BrFOS/c1-7-2-3-8(14)6-9(7)11(15)12-10(13)4-5-16-12/h2-6H,1H3. The first kappa shape index (κ1) is 11.5. The monoisotopic (exact) mass is 298 g/mol. The van der Waals surface area contributed by atoms with Crippen molar-refractivity contribution in [2.75, 3.05) is 0 Å². The summed E-state index contributed by atoms with van der Waals surface area (Å²) < 4.78 is 13.8. The van der Waals surface area contributed by atoms with Crippen molar-refractivity contribution in [1.82, 2.24) is 0 Å². The van der Waals surface area contributed by atoms with Gasteiger partial charge in [0, 0.05) is 10.0 Å². The van der Waals surface area contributed by atoms with Crippen molar-refractivity contribution in [3.8, 4) is 0 Å². The van der Waals surface area contributed by atoms with Gasteiger partial charge in [0.1, 0.15) is 5.82 Å². The summed E-state index contributed by atoms with van der Waals surface area (Å²) in [5.41, 5.74) is 1.20. The molecule has 0 radical (unpaired) electrons. The van der Waals surface area contributed by atoms with Crippen molar-refractivity contribution < 1.29 is 9.18 Å². The van der Waals surface area contributed by atoms with Gasteiger partial charge in [0.15, 0.2) is 0 Å². The Morgan fingerprint density at radius 2 is 2.12 bits per heavy atom. The zero-order valence-corrected chi connectivity index (χ0v) is 10.9. The SMILES string of the molecule is Cc1ccc(F)cc1C(=O)c1sccc1Br. The van der Waals surface area contributed by atoms with Gasteiger partial charge >= 0.3 is 0 Å². The number of hydrogen-bond donors (Lipinski definition) is 0. The molecule has 0 saturated carbocycles. The van der Waals surface area contributed by atoms with Crippen LogP contribution in [0.2, 0.25) is 0 Å². The van der Waals surface area contributed by atoms with Gasteiger partial charge in [-0.2, -0.15) is 0 Å². The Labute approximate surface area is 105 Å². The van der Waals surface area contributed by atoms with Crippen LogP contribution >= 0.6 is 27.3 Å². The molecule has 1 aromatic heterocycles. The Bertz CT molecular complexity index is 548. The van der Waals surface area contributed by atoms with E-state index < -0.39 is 0 Å². The predicted octanol–water partition coefficient (Wildman–Crippen LogP) is 4.19. The minimum atomic E-state index is -0.387. The molecular formula is C12H8BrFOS. The van der Waals surface area contributed by atoms with E-state index in [-0.39, 0.29) is 11.6 Å². The molecule has 0 N–H and O–H groups in total. The Balaban J connectivity index is 2.49. The molecule has 16 heavy (non-hydrogen) atoms. The van der Waals surface area contributed by atoms with E-state index in [1.807, 2.05) is 11.4 Å². The Morgan fingerprint density at radius 3 is 2.75 bits per heavy atom. The molecule has 1 aromatic carbocycles. The van der Waals surface area contributed by atoms with Gasteiger partial charge < -0.3 is 0 Å². The van der Waals surface area contributed by atoms with Crippen LogP contribution < -0.4 is 0 Å². The number of benzene rings is 1. The highest BCUT2D eigenvalue weighted by molar-refractivity contribution is 9.10. The fraction of sp³-hybridized carbons (Fsp3) is 0.0833. The van der Waals surface area contributed by atoms with Crippen LogP contribution in [0.3, 0.4) is 0 Å². The van der Waals surface area contributed by atoms with Crippen LogP contribution in [0.25, 0.3) is 0 Å². The van der Waals surface area contributed by atoms with Crippen molar-refractivity contribution >= 4 is 33.0 Å². The second-order valence-corrected chi connectivity index (χ2v) is 5.16. The van der Waals surface area contributed by atoms with Crippen molar-refractivity contribution in [2.24, 2.45) is 0 Å². The van der Waals surface area contributed by atoms with Gasteiger partial charge in [-0.05, 0) is 52.0 Å². The van der Waals surface area contributed by atoms with Crippen LogP contribution in [0.5, 0.6) is 0 Å². The van der Waals surface area contributed by atoms with Gasteiger partial charge in [-0.1, -0.05) is 6.07 Å². The fourth-order valence-corrected chi connectivity index (χ4v) is 2.92. The highest BCUT2D eigenvalue weighted by Gasteiger charge is 2.16. The average Bonchev–Trinajstić information content (AvgIpc) is 2.67. The maximum atomic E-state index is 13.1. The summed E-state index contributed by atoms with van der Waals surface area (Å²) >= 11 is 4.65. The zero-order chi connectivity index (χ0) is 11.7. The minimum absolute atomic E-state index is 0.140. The lowest BCUT2D eigenvalue weighted by molar-refractivity contribution is 0.104. The highest BCUT2D eigenvalue weighted by Crippen LogP contribution is 2.26. The molecule has 82 valence electrons. The van der Waals surface area contributed by atoms with Gasteiger partial charge in [-0.3, -0.25) is 4.79 Å². The smallest absolute Gasteiger partial charge is 0.204 e. The predicted molar refractivity (Wildman–Crippen MR) is 66.6 cm³/mol. The lowest BCUT2D eigenvalue weighted by Crippen LogP contribution is -2.02. The molecule has 0 fully saturated rings. The molecule has 1 nitrogen and oxygen atoms in total. The van der Waals surface area contributed by atoms with Gasteiger partial charge in [0.25, 0.3) is 0 Å². The van der Waals surface area contributed by atoms with Crippen LogP contribution in [-0.4, -0.2) is 5.78 Å². The Kier molecular flexibility index (Phi) is 3.21. The van der Waals surface area contributed by atoms with Crippen molar-refractivity contribution in [1.29, 1.82) is 0 Å². The van der Waals surface area contributed by atoms with E-state index in [1.54, 1.807) is 13.0 Å². The van der Waals surface area contributed by atoms with Gasteiger partial charge in [0.05, 0.1) is 4.88 Å². The van der Waals surface area contributed by atoms with E-state index in [0.29, 0.717) is 10.4 Å². The third kappa shape index (κ3) is 2.08. The summed E-state index contributed by atoms with van der Waals surface area (Å²) in [5.74, 6) is -0.527. The largest absolute Gasteiger partial charge is 0.288 e. The quantitative estimate of drug-likeness (QED) is 0.760. The van der Waals surface area contributed by atoms with Crippen LogP contribution in [0.1, 0.15) is 20.8 Å². The van der Waals surface area contributed by atoms with E-state index >= 15 is 0 Å². The molecular weight excluding hydrogens is 291 g/mol. The summed E-state index contributed by atoms with van der Waals surface area (Å²) in [6.45, 7) is 1.80. The molecule has 0 unspecified atom stereocenters. The second kappa shape index (κ2) is 4.47. The average molecular weight is 299 g/mol. The normalized spacial score (nSPS) is 10.4. The molecule has 0 amide bonds. The molecule has 0 saturated heterocycles. The lowest BCUT2D eigenvalue weighted by Gasteiger charge is -2.03. The Hall–Kier alpha value is -1.00. The summed E-state index contributed by atoms with van der Waals surface area (Å²) in [6, 6.07) is 6.07. The molecule has 4 heteroatoms. The minimum Gasteiger partial charge on any atom is -0.288 e. The first-order valence-electron chi connectivity index (χ1n) is 4.63. The number of carbonyl (C=O) groups is 1. The van der Waals surface area contributed by atoms with Crippen LogP contribution in [-0.2, 0) is 0 Å². The number of ketones is 1. The molecule has 0 bridgehead atoms. The topological polar surface area (TPSA) is 17.1 Å². The van der Waals surface area contributed by atoms with E-state index in [2.05, 4.69) is 15.9 Å². The number of aryl methyl sites for hydroxylation is 1. The summed E-state index contributed by atoms with van der Waals surface area (Å²) in [7, 11) is 0. The van der Waals surface area contributed by atoms with Crippen LogP contribution in [0.15, 0.2) is 34.1 Å². The first-order valence-corrected chi connectivity index (χ1v) is 6.30. The summed E-state index contributed by atoms with van der Waals surface area (Å²) in [4.78, 5) is 12.7. The van der Waals surface area contributed by atoms with Crippen LogP contribution in [0.4, 0.5) is 4.39 Å². The lowest BCUT2D eigenvalue weighted by atomic mass is 10.0. The van der Waals surface area contributed by atoms with E-state index in [1.165, 1.54) is 23.5 Å². The van der Waals surface area contributed by atoms with Crippen molar-refractivity contribution in [3.05, 3.63) is 55.9 Å². The maximum absolute atomic E-state index is 13.1. The maximum Gasteiger partial charge on any atom is 0.204 e. The summed E-state index contributed by atoms with van der Waals surface area (Å²) in [6.07, 6.45) is 0. The molecule has 0 atom stereocenters. The van der Waals surface area contributed by atoms with E-state index in [4.69, 9.17) is 0 Å². The third-order valence-electron chi connectivity index (χ3n) is 2.27. The van der Waals surface area contributed by atoms with Crippen molar-refractivity contribution in [2.45, 2.75) is 6.92 Å². The molecule has 0 aliphatic rings. The fourth-order valence-electron chi connectivity index (χ4n) is 1.42. The summed E-state index contributed by atoms with van der Waals surface area (Å²) in [5, 5.41) is 1.83. The number of rotatable bonds is 2. The van der Waals surface area contributed by atoms with Gasteiger partial charge in [-0.25, -0.2) is 4.39 Å².